The van der Waals surface area contributed by atoms with Crippen molar-refractivity contribution in [2.45, 2.75) is 32.5 Å². The Bertz CT molecular complexity index is 1200. The number of halogens is 5. The third-order valence-electron chi connectivity index (χ3n) is 4.39. The van der Waals surface area contributed by atoms with E-state index >= 15 is 0 Å². The van der Waals surface area contributed by atoms with Crippen molar-refractivity contribution >= 4 is 17.6 Å². The molecule has 1 unspecified atom stereocenters. The predicted molar refractivity (Wildman–Crippen MR) is 109 cm³/mol. The van der Waals surface area contributed by atoms with Crippen molar-refractivity contribution < 1.29 is 36.9 Å². The second-order valence-corrected chi connectivity index (χ2v) is 7.02. The summed E-state index contributed by atoms with van der Waals surface area (Å²) in [5, 5.41) is 8.73. The van der Waals surface area contributed by atoms with Crippen LogP contribution in [-0.2, 0) is 22.8 Å². The number of hydrogen-bond acceptors (Lipinski definition) is 5. The first-order valence-electron chi connectivity index (χ1n) is 9.45. The van der Waals surface area contributed by atoms with Gasteiger partial charge in [-0.25, -0.2) is 18.5 Å². The average Bonchev–Trinajstić information content (AvgIpc) is 2.70. The van der Waals surface area contributed by atoms with Gasteiger partial charge in [-0.05, 0) is 19.4 Å². The van der Waals surface area contributed by atoms with Crippen LogP contribution < -0.4 is 16.0 Å². The Morgan fingerprint density at radius 3 is 2.39 bits per heavy atom. The largest absolute Gasteiger partial charge is 0.494 e. The van der Waals surface area contributed by atoms with Crippen LogP contribution in [0.2, 0.25) is 5.02 Å². The summed E-state index contributed by atoms with van der Waals surface area (Å²) in [6, 6.07) is 1.73. The van der Waals surface area contributed by atoms with Crippen molar-refractivity contribution in [2.24, 2.45) is 7.05 Å². The molecule has 1 heterocycles. The number of alkyl halides is 3. The zero-order valence-corrected chi connectivity index (χ0v) is 18.3. The van der Waals surface area contributed by atoms with Crippen LogP contribution in [0.5, 0.6) is 5.75 Å². The maximum absolute atomic E-state index is 14.6. The standard InChI is InChI=1S/C20H19ClF4N2O6/c1-4-13(15(32-5-2)8-18(29)30)33-14-7-12(11(22)6-10(14)21)27-17(28)9-16(20(23,24)25)26(3)19(27)31/h6-9,13H,4-5H2,1-3H3,(H,29,30)/b15-8-. The van der Waals surface area contributed by atoms with Gasteiger partial charge < -0.3 is 14.6 Å². The first-order chi connectivity index (χ1) is 15.3. The van der Waals surface area contributed by atoms with E-state index in [2.05, 4.69) is 0 Å². The summed E-state index contributed by atoms with van der Waals surface area (Å²) < 4.78 is 65.1. The zero-order chi connectivity index (χ0) is 25.1. The summed E-state index contributed by atoms with van der Waals surface area (Å²) >= 11 is 6.01. The number of carboxylic acid groups (broad SMARTS) is 1. The Balaban J connectivity index is 2.65. The van der Waals surface area contributed by atoms with E-state index in [9.17, 15) is 31.9 Å². The minimum Gasteiger partial charge on any atom is -0.494 e. The SMILES string of the molecule is CCO/C(=C\C(=O)O)C(CC)Oc1cc(-n2c(=O)cc(C(F)(F)F)n(C)c2=O)c(F)cc1Cl. The molecule has 0 radical (unpaired) electrons. The van der Waals surface area contributed by atoms with E-state index in [4.69, 9.17) is 26.2 Å². The van der Waals surface area contributed by atoms with Gasteiger partial charge >= 0.3 is 17.8 Å². The van der Waals surface area contributed by atoms with Crippen LogP contribution in [0.1, 0.15) is 26.0 Å². The Kier molecular flexibility index (Phi) is 7.96. The van der Waals surface area contributed by atoms with Gasteiger partial charge in [-0.15, -0.1) is 0 Å². The second kappa shape index (κ2) is 10.1. The van der Waals surface area contributed by atoms with E-state index in [-0.39, 0.29) is 44.8 Å². The lowest BCUT2D eigenvalue weighted by molar-refractivity contribution is -0.144. The Morgan fingerprint density at radius 1 is 1.24 bits per heavy atom. The van der Waals surface area contributed by atoms with Gasteiger partial charge in [0.2, 0.25) is 0 Å². The molecule has 33 heavy (non-hydrogen) atoms. The minimum atomic E-state index is -4.99. The molecule has 2 aromatic rings. The molecule has 0 aliphatic heterocycles. The van der Waals surface area contributed by atoms with Gasteiger partial charge in [0.25, 0.3) is 5.56 Å². The van der Waals surface area contributed by atoms with E-state index in [0.717, 1.165) is 19.2 Å². The number of aliphatic carboxylic acids is 1. The van der Waals surface area contributed by atoms with Crippen LogP contribution in [0.15, 0.2) is 39.6 Å². The molecule has 180 valence electrons. The molecule has 13 heteroatoms. The first-order valence-corrected chi connectivity index (χ1v) is 9.83. The van der Waals surface area contributed by atoms with Crippen molar-refractivity contribution in [1.29, 1.82) is 0 Å². The van der Waals surface area contributed by atoms with E-state index in [1.165, 1.54) is 0 Å². The number of carboxylic acids is 1. The number of ether oxygens (including phenoxy) is 2. The highest BCUT2D eigenvalue weighted by Crippen LogP contribution is 2.32. The van der Waals surface area contributed by atoms with Crippen LogP contribution in [0.25, 0.3) is 5.69 Å². The average molecular weight is 495 g/mol. The highest BCUT2D eigenvalue weighted by atomic mass is 35.5. The Morgan fingerprint density at radius 2 is 1.88 bits per heavy atom. The summed E-state index contributed by atoms with van der Waals surface area (Å²) in [7, 11) is 0.782. The molecule has 0 aliphatic rings. The van der Waals surface area contributed by atoms with Crippen molar-refractivity contribution in [1.82, 2.24) is 9.13 Å². The molecule has 1 atom stereocenters. The van der Waals surface area contributed by atoms with E-state index < -0.39 is 46.7 Å². The monoisotopic (exact) mass is 494 g/mol. The molecule has 0 fully saturated rings. The normalized spacial score (nSPS) is 13.0. The van der Waals surface area contributed by atoms with Crippen molar-refractivity contribution in [3.05, 3.63) is 67.4 Å². The van der Waals surface area contributed by atoms with Crippen LogP contribution in [0.3, 0.4) is 0 Å². The lowest BCUT2D eigenvalue weighted by atomic mass is 10.2. The number of carbonyl (C=O) groups is 1. The van der Waals surface area contributed by atoms with Crippen molar-refractivity contribution in [3.63, 3.8) is 0 Å². The third-order valence-corrected chi connectivity index (χ3v) is 4.68. The summed E-state index contributed by atoms with van der Waals surface area (Å²) in [6.07, 6.45) is -5.03. The molecule has 0 saturated heterocycles. The van der Waals surface area contributed by atoms with E-state index in [0.29, 0.717) is 6.07 Å². The third kappa shape index (κ3) is 5.75. The first kappa shape index (κ1) is 26.0. The highest BCUT2D eigenvalue weighted by molar-refractivity contribution is 6.32. The van der Waals surface area contributed by atoms with E-state index in [1.807, 2.05) is 0 Å². The second-order valence-electron chi connectivity index (χ2n) is 6.61. The van der Waals surface area contributed by atoms with Gasteiger partial charge in [0.1, 0.15) is 23.0 Å². The molecule has 8 nitrogen and oxygen atoms in total. The van der Waals surface area contributed by atoms with E-state index in [1.54, 1.807) is 13.8 Å². The Hall–Kier alpha value is -3.28. The zero-order valence-electron chi connectivity index (χ0n) is 17.6. The predicted octanol–water partition coefficient (Wildman–Crippen LogP) is 3.51. The maximum atomic E-state index is 14.6. The van der Waals surface area contributed by atoms with Gasteiger partial charge in [0, 0.05) is 19.2 Å². The fourth-order valence-corrected chi connectivity index (χ4v) is 3.11. The van der Waals surface area contributed by atoms with Crippen LogP contribution >= 0.6 is 11.6 Å². The van der Waals surface area contributed by atoms with Crippen LogP contribution in [-0.4, -0.2) is 32.9 Å². The number of rotatable bonds is 8. The smallest absolute Gasteiger partial charge is 0.431 e. The van der Waals surface area contributed by atoms with Crippen LogP contribution in [0.4, 0.5) is 17.6 Å². The molecule has 0 spiro atoms. The number of aromatic nitrogens is 2. The number of hydrogen-bond donors (Lipinski definition) is 1. The molecular formula is C20H19ClF4N2O6. The molecule has 1 aromatic heterocycles. The number of benzene rings is 1. The fraction of sp³-hybridized carbons (Fsp3) is 0.350. The minimum absolute atomic E-state index is 0.0722. The van der Waals surface area contributed by atoms with Gasteiger partial charge in [-0.1, -0.05) is 18.5 Å². The molecule has 0 amide bonds. The molecule has 2 rings (SSSR count). The highest BCUT2D eigenvalue weighted by Gasteiger charge is 2.35. The van der Waals surface area contributed by atoms with Gasteiger partial charge in [-0.2, -0.15) is 13.2 Å². The van der Waals surface area contributed by atoms with Crippen LogP contribution in [0, 0.1) is 5.82 Å². The molecule has 1 aromatic carbocycles. The Labute approximate surface area is 189 Å². The van der Waals surface area contributed by atoms with Gasteiger partial charge in [-0.3, -0.25) is 9.36 Å². The molecule has 1 N–H and O–H groups in total. The lowest BCUT2D eigenvalue weighted by Gasteiger charge is -2.22. The maximum Gasteiger partial charge on any atom is 0.431 e. The fourth-order valence-electron chi connectivity index (χ4n) is 2.91. The summed E-state index contributed by atoms with van der Waals surface area (Å²) in [5.74, 6) is -2.82. The van der Waals surface area contributed by atoms with Crippen molar-refractivity contribution in [3.8, 4) is 11.4 Å². The summed E-state index contributed by atoms with van der Waals surface area (Å²) in [6.45, 7) is 3.35. The summed E-state index contributed by atoms with van der Waals surface area (Å²) in [4.78, 5) is 35.9. The topological polar surface area (TPSA) is 99.8 Å². The molecular weight excluding hydrogens is 476 g/mol. The van der Waals surface area contributed by atoms with Crippen molar-refractivity contribution in [2.75, 3.05) is 6.61 Å². The summed E-state index contributed by atoms with van der Waals surface area (Å²) in [5.41, 5.74) is -5.09. The lowest BCUT2D eigenvalue weighted by Crippen LogP contribution is -2.41. The quantitative estimate of drug-likeness (QED) is 0.342. The molecule has 0 saturated carbocycles. The molecule has 0 aliphatic carbocycles. The number of nitrogens with zero attached hydrogens (tertiary/aromatic N) is 2. The van der Waals surface area contributed by atoms with Gasteiger partial charge in [0.05, 0.1) is 23.4 Å². The molecule has 0 bridgehead atoms. The van der Waals surface area contributed by atoms with Gasteiger partial charge in [0.15, 0.2) is 6.10 Å².